The lowest BCUT2D eigenvalue weighted by atomic mass is 10.2. The van der Waals surface area contributed by atoms with Gasteiger partial charge in [-0.25, -0.2) is 13.1 Å². The van der Waals surface area contributed by atoms with Crippen molar-refractivity contribution in [2.45, 2.75) is 25.0 Å². The molecule has 6 nitrogen and oxygen atoms in total. The normalized spacial score (nSPS) is 11.6. The molecule has 4 rings (SSSR count). The van der Waals surface area contributed by atoms with Crippen molar-refractivity contribution in [3.63, 3.8) is 0 Å². The molecule has 170 valence electrons. The quantitative estimate of drug-likeness (QED) is 0.424. The lowest BCUT2D eigenvalue weighted by Crippen LogP contribution is -2.31. The molecular formula is C24H20F2N2O4S. The Morgan fingerprint density at radius 1 is 1.00 bits per heavy atom. The van der Waals surface area contributed by atoms with Crippen LogP contribution in [0.2, 0.25) is 0 Å². The van der Waals surface area contributed by atoms with Gasteiger partial charge in [0.15, 0.2) is 0 Å². The first-order valence-corrected chi connectivity index (χ1v) is 11.5. The van der Waals surface area contributed by atoms with Crippen LogP contribution >= 0.6 is 0 Å². The molecule has 0 atom stereocenters. The summed E-state index contributed by atoms with van der Waals surface area (Å²) in [4.78, 5) is 13.0. The van der Waals surface area contributed by atoms with Crippen LogP contribution in [0.4, 0.5) is 8.78 Å². The topological polar surface area (TPSA) is 77.4 Å². The Labute approximate surface area is 189 Å². The maximum atomic E-state index is 13.0. The van der Waals surface area contributed by atoms with E-state index in [-0.39, 0.29) is 16.2 Å². The molecule has 9 heteroatoms. The first-order chi connectivity index (χ1) is 15.7. The first-order valence-electron chi connectivity index (χ1n) is 9.99. The molecule has 1 N–H and O–H groups in total. The van der Waals surface area contributed by atoms with Crippen molar-refractivity contribution in [2.75, 3.05) is 0 Å². The van der Waals surface area contributed by atoms with Gasteiger partial charge in [-0.05, 0) is 42.3 Å². The number of aromatic nitrogens is 1. The van der Waals surface area contributed by atoms with Gasteiger partial charge in [0.2, 0.25) is 0 Å². The van der Waals surface area contributed by atoms with Crippen LogP contribution < -0.4 is 9.46 Å². The maximum absolute atomic E-state index is 13.0. The van der Waals surface area contributed by atoms with E-state index < -0.39 is 22.5 Å². The fourth-order valence-electron chi connectivity index (χ4n) is 3.62. The van der Waals surface area contributed by atoms with E-state index >= 15 is 0 Å². The highest BCUT2D eigenvalue weighted by molar-refractivity contribution is 7.90. The number of hydrogen-bond donors (Lipinski definition) is 1. The van der Waals surface area contributed by atoms with Crippen molar-refractivity contribution in [1.82, 2.24) is 9.29 Å². The number of para-hydroxylation sites is 1. The van der Waals surface area contributed by atoms with Crippen molar-refractivity contribution in [1.29, 1.82) is 0 Å². The molecule has 1 amide bonds. The predicted molar refractivity (Wildman–Crippen MR) is 120 cm³/mol. The number of benzene rings is 3. The van der Waals surface area contributed by atoms with Crippen LogP contribution in [-0.4, -0.2) is 25.5 Å². The highest BCUT2D eigenvalue weighted by atomic mass is 32.2. The molecule has 0 bridgehead atoms. The van der Waals surface area contributed by atoms with E-state index in [4.69, 9.17) is 0 Å². The monoisotopic (exact) mass is 470 g/mol. The third-order valence-corrected chi connectivity index (χ3v) is 6.64. The van der Waals surface area contributed by atoms with Crippen LogP contribution in [0.5, 0.6) is 5.75 Å². The molecule has 0 aliphatic heterocycles. The van der Waals surface area contributed by atoms with Crippen molar-refractivity contribution in [3.05, 3.63) is 95.7 Å². The highest BCUT2D eigenvalue weighted by Crippen LogP contribution is 2.24. The summed E-state index contributed by atoms with van der Waals surface area (Å²) in [7, 11) is -4.06. The molecule has 3 aromatic carbocycles. The summed E-state index contributed by atoms with van der Waals surface area (Å²) in [5, 5.41) is 0.590. The number of carbonyl (C=O) groups is 1. The molecule has 0 aliphatic rings. The van der Waals surface area contributed by atoms with Gasteiger partial charge in [0.05, 0.1) is 10.5 Å². The lowest BCUT2D eigenvalue weighted by Gasteiger charge is -2.09. The summed E-state index contributed by atoms with van der Waals surface area (Å²) in [6.07, 6.45) is 1.58. The van der Waals surface area contributed by atoms with E-state index in [1.165, 1.54) is 18.2 Å². The molecule has 4 aromatic rings. The number of halogens is 2. The molecule has 0 unspecified atom stereocenters. The third kappa shape index (κ3) is 4.88. The molecule has 33 heavy (non-hydrogen) atoms. The largest absolute Gasteiger partial charge is 0.435 e. The number of nitrogens with one attached hydrogen (secondary N) is 1. The van der Waals surface area contributed by atoms with Crippen LogP contribution in [0.1, 0.15) is 21.5 Å². The fraction of sp³-hybridized carbons (Fsp3) is 0.125. The van der Waals surface area contributed by atoms with Gasteiger partial charge in [0.1, 0.15) is 5.75 Å². The van der Waals surface area contributed by atoms with Crippen LogP contribution in [0.15, 0.2) is 83.9 Å². The number of amides is 1. The zero-order chi connectivity index (χ0) is 23.6. The molecule has 0 saturated heterocycles. The minimum Gasteiger partial charge on any atom is -0.435 e. The van der Waals surface area contributed by atoms with Crippen molar-refractivity contribution in [2.24, 2.45) is 0 Å². The molecule has 0 radical (unpaired) electrons. The van der Waals surface area contributed by atoms with E-state index in [0.717, 1.165) is 11.1 Å². The Hall–Kier alpha value is -3.72. The van der Waals surface area contributed by atoms with E-state index in [1.54, 1.807) is 60.2 Å². The Morgan fingerprint density at radius 3 is 2.36 bits per heavy atom. The molecule has 1 aromatic heterocycles. The number of sulfonamides is 1. The summed E-state index contributed by atoms with van der Waals surface area (Å²) in [6, 6.07) is 19.7. The second kappa shape index (κ2) is 9.03. The van der Waals surface area contributed by atoms with Gasteiger partial charge in [-0.2, -0.15) is 8.78 Å². The van der Waals surface area contributed by atoms with Gasteiger partial charge in [-0.15, -0.1) is 0 Å². The van der Waals surface area contributed by atoms with Gasteiger partial charge in [0, 0.05) is 23.6 Å². The predicted octanol–water partition coefficient (Wildman–Crippen LogP) is 4.72. The number of fused-ring (bicyclic) bond motifs is 1. The third-order valence-electron chi connectivity index (χ3n) is 5.14. The van der Waals surface area contributed by atoms with Crippen LogP contribution in [0, 0.1) is 6.92 Å². The van der Waals surface area contributed by atoms with E-state index in [1.807, 2.05) is 12.1 Å². The number of rotatable bonds is 7. The Bertz CT molecular complexity index is 1410. The van der Waals surface area contributed by atoms with Gasteiger partial charge in [0.25, 0.3) is 15.9 Å². The lowest BCUT2D eigenvalue weighted by molar-refractivity contribution is -0.0498. The zero-order valence-corrected chi connectivity index (χ0v) is 18.4. The van der Waals surface area contributed by atoms with Crippen LogP contribution in [-0.2, 0) is 16.6 Å². The fourth-order valence-corrected chi connectivity index (χ4v) is 4.84. The maximum Gasteiger partial charge on any atom is 0.387 e. The van der Waals surface area contributed by atoms with Gasteiger partial charge in [-0.3, -0.25) is 4.79 Å². The number of alkyl halides is 2. The Balaban J connectivity index is 1.63. The van der Waals surface area contributed by atoms with Gasteiger partial charge < -0.3 is 9.30 Å². The summed E-state index contributed by atoms with van der Waals surface area (Å²) >= 11 is 0. The Morgan fingerprint density at radius 2 is 1.67 bits per heavy atom. The number of carbonyl (C=O) groups excluding carboxylic acids is 1. The van der Waals surface area contributed by atoms with Crippen molar-refractivity contribution < 1.29 is 26.7 Å². The molecule has 0 aliphatic carbocycles. The number of hydrogen-bond acceptors (Lipinski definition) is 4. The smallest absolute Gasteiger partial charge is 0.387 e. The van der Waals surface area contributed by atoms with E-state index in [0.29, 0.717) is 17.5 Å². The molecule has 0 spiro atoms. The standard InChI is InChI=1S/C24H20F2N2O4S/c1-16-6-2-5-9-22(16)33(30,31)27-23(29)20-15-28(21-8-4-3-7-19(20)21)14-17-10-12-18(13-11-17)32-24(25)26/h2-13,15,24H,14H2,1H3,(H,27,29). The average Bonchev–Trinajstić information content (AvgIpc) is 3.13. The number of aryl methyl sites for hydroxylation is 1. The second-order valence-electron chi connectivity index (χ2n) is 7.41. The summed E-state index contributed by atoms with van der Waals surface area (Å²) in [5.41, 5.74) is 2.25. The first kappa shape index (κ1) is 22.5. The summed E-state index contributed by atoms with van der Waals surface area (Å²) < 4.78 is 58.6. The summed E-state index contributed by atoms with van der Waals surface area (Å²) in [5.74, 6) is -0.693. The molecule has 0 fully saturated rings. The average molecular weight is 470 g/mol. The molecule has 0 saturated carbocycles. The minimum absolute atomic E-state index is 0.0354. The zero-order valence-electron chi connectivity index (χ0n) is 17.5. The van der Waals surface area contributed by atoms with Crippen molar-refractivity contribution >= 4 is 26.8 Å². The van der Waals surface area contributed by atoms with Gasteiger partial charge in [-0.1, -0.05) is 48.5 Å². The van der Waals surface area contributed by atoms with Gasteiger partial charge >= 0.3 is 6.61 Å². The molecular weight excluding hydrogens is 450 g/mol. The minimum atomic E-state index is -4.06. The number of ether oxygens (including phenoxy) is 1. The molecule has 1 heterocycles. The van der Waals surface area contributed by atoms with Crippen LogP contribution in [0.3, 0.4) is 0 Å². The van der Waals surface area contributed by atoms with Crippen LogP contribution in [0.25, 0.3) is 10.9 Å². The van der Waals surface area contributed by atoms with E-state index in [2.05, 4.69) is 9.46 Å². The Kier molecular flexibility index (Phi) is 6.15. The van der Waals surface area contributed by atoms with Crippen molar-refractivity contribution in [3.8, 4) is 5.75 Å². The highest BCUT2D eigenvalue weighted by Gasteiger charge is 2.23. The number of nitrogens with zero attached hydrogens (tertiary/aromatic N) is 1. The SMILES string of the molecule is Cc1ccccc1S(=O)(=O)NC(=O)c1cn(Cc2ccc(OC(F)F)cc2)c2ccccc12. The second-order valence-corrected chi connectivity index (χ2v) is 9.06. The van der Waals surface area contributed by atoms with E-state index in [9.17, 15) is 22.0 Å². The summed E-state index contributed by atoms with van der Waals surface area (Å²) in [6.45, 7) is -0.906.